The zero-order valence-electron chi connectivity index (χ0n) is 11.7. The van der Waals surface area contributed by atoms with Crippen molar-refractivity contribution in [3.8, 4) is 0 Å². The second kappa shape index (κ2) is 5.00. The van der Waals surface area contributed by atoms with Gasteiger partial charge in [-0.1, -0.05) is 0 Å². The van der Waals surface area contributed by atoms with Gasteiger partial charge in [-0.2, -0.15) is 8.42 Å². The maximum atomic E-state index is 12.2. The van der Waals surface area contributed by atoms with Crippen LogP contribution in [0.2, 0.25) is 0 Å². The molecule has 3 rings (SSSR count). The van der Waals surface area contributed by atoms with Gasteiger partial charge in [0.2, 0.25) is 0 Å². The first-order chi connectivity index (χ1) is 10.3. The van der Waals surface area contributed by atoms with Crippen LogP contribution in [0.25, 0.3) is 11.1 Å². The van der Waals surface area contributed by atoms with Gasteiger partial charge in [-0.05, 0) is 42.8 Å². The van der Waals surface area contributed by atoms with E-state index in [0.29, 0.717) is 22.5 Å². The molecule has 2 aromatic rings. The molecule has 0 saturated carbocycles. The van der Waals surface area contributed by atoms with Gasteiger partial charge in [0.15, 0.2) is 0 Å². The number of nitrogens with one attached hydrogen (secondary N) is 3. The Balaban J connectivity index is 2.12. The predicted molar refractivity (Wildman–Crippen MR) is 85.1 cm³/mol. The Bertz CT molecular complexity index is 883. The zero-order valence-corrected chi connectivity index (χ0v) is 12.5. The fraction of sp³-hybridized carbons (Fsp3) is 0.0714. The van der Waals surface area contributed by atoms with Crippen molar-refractivity contribution < 1.29 is 13.2 Å². The molecular weight excluding hydrogens is 304 g/mol. The van der Waals surface area contributed by atoms with Gasteiger partial charge in [0.1, 0.15) is 0 Å². The first-order valence-electron chi connectivity index (χ1n) is 6.46. The van der Waals surface area contributed by atoms with Crippen molar-refractivity contribution in [2.75, 3.05) is 10.0 Å². The molecule has 114 valence electrons. The van der Waals surface area contributed by atoms with Gasteiger partial charge in [-0.15, -0.1) is 0 Å². The molecule has 0 radical (unpaired) electrons. The van der Waals surface area contributed by atoms with E-state index < -0.39 is 10.2 Å². The second-order valence-electron chi connectivity index (χ2n) is 4.95. The summed E-state index contributed by atoms with van der Waals surface area (Å²) < 4.78 is 24.5. The van der Waals surface area contributed by atoms with Crippen LogP contribution in [0.5, 0.6) is 0 Å². The number of hydrogen-bond acceptors (Lipinski definition) is 3. The summed E-state index contributed by atoms with van der Waals surface area (Å²) >= 11 is 0. The molecule has 0 spiro atoms. The number of amides is 1. The van der Waals surface area contributed by atoms with Crippen LogP contribution in [0.4, 0.5) is 11.4 Å². The molecule has 0 aliphatic carbocycles. The molecule has 5 N–H and O–H groups in total. The standard InChI is InChI=1S/C14H14N4O3S/c1-8(11-3-2-6-16-11)13-10-7-9(18-22(15,20)21)4-5-12(10)17-14(13)19/h2-7,16,18H,1H3,(H,17,19)(H2,15,20,21). The van der Waals surface area contributed by atoms with Crippen LogP contribution in [0.3, 0.4) is 0 Å². The first-order valence-corrected chi connectivity index (χ1v) is 8.01. The summed E-state index contributed by atoms with van der Waals surface area (Å²) in [6.07, 6.45) is 1.77. The topological polar surface area (TPSA) is 117 Å². The number of carbonyl (C=O) groups excluding carboxylic acids is 1. The van der Waals surface area contributed by atoms with E-state index in [1.165, 1.54) is 6.07 Å². The fourth-order valence-electron chi connectivity index (χ4n) is 2.47. The number of nitrogens with two attached hydrogens (primary N) is 1. The summed E-state index contributed by atoms with van der Waals surface area (Å²) in [5.41, 5.74) is 3.65. The molecule has 0 atom stereocenters. The van der Waals surface area contributed by atoms with Gasteiger partial charge < -0.3 is 10.3 Å². The van der Waals surface area contributed by atoms with Gasteiger partial charge in [0, 0.05) is 23.1 Å². The number of carbonyl (C=O) groups is 1. The van der Waals surface area contributed by atoms with E-state index >= 15 is 0 Å². The van der Waals surface area contributed by atoms with Crippen LogP contribution in [-0.4, -0.2) is 19.3 Å². The summed E-state index contributed by atoms with van der Waals surface area (Å²) in [7, 11) is -3.87. The van der Waals surface area contributed by atoms with E-state index in [1.807, 2.05) is 19.1 Å². The maximum absolute atomic E-state index is 12.2. The number of anilines is 2. The van der Waals surface area contributed by atoms with Crippen LogP contribution >= 0.6 is 0 Å². The molecule has 1 aromatic heterocycles. The lowest BCUT2D eigenvalue weighted by Gasteiger charge is -2.07. The smallest absolute Gasteiger partial charge is 0.296 e. The predicted octanol–water partition coefficient (Wildman–Crippen LogP) is 1.51. The quantitative estimate of drug-likeness (QED) is 0.643. The summed E-state index contributed by atoms with van der Waals surface area (Å²) in [5, 5.41) is 7.73. The first kappa shape index (κ1) is 14.4. The number of aromatic amines is 1. The lowest BCUT2D eigenvalue weighted by Crippen LogP contribution is -2.21. The highest BCUT2D eigenvalue weighted by Crippen LogP contribution is 2.38. The average Bonchev–Trinajstić information content (AvgIpc) is 3.02. The van der Waals surface area contributed by atoms with Crippen molar-refractivity contribution in [2.24, 2.45) is 5.14 Å². The van der Waals surface area contributed by atoms with Crippen molar-refractivity contribution in [3.05, 3.63) is 47.8 Å². The molecule has 1 aromatic carbocycles. The maximum Gasteiger partial charge on any atom is 0.296 e. The number of rotatable bonds is 3. The van der Waals surface area contributed by atoms with Crippen molar-refractivity contribution in [1.82, 2.24) is 4.98 Å². The summed E-state index contributed by atoms with van der Waals surface area (Å²) in [4.78, 5) is 15.3. The second-order valence-corrected chi connectivity index (χ2v) is 6.24. The minimum Gasteiger partial charge on any atom is -0.361 e. The van der Waals surface area contributed by atoms with E-state index in [1.54, 1.807) is 18.3 Å². The molecule has 0 saturated heterocycles. The lowest BCUT2D eigenvalue weighted by molar-refractivity contribution is -0.110. The molecule has 22 heavy (non-hydrogen) atoms. The van der Waals surface area contributed by atoms with Gasteiger partial charge in [-0.3, -0.25) is 9.52 Å². The number of aromatic nitrogens is 1. The summed E-state index contributed by atoms with van der Waals surface area (Å²) in [5.74, 6) is -0.227. The highest BCUT2D eigenvalue weighted by molar-refractivity contribution is 7.90. The number of allylic oxidation sites excluding steroid dienone is 1. The van der Waals surface area contributed by atoms with E-state index in [0.717, 1.165) is 11.3 Å². The Hall–Kier alpha value is -2.58. The Kier molecular flexibility index (Phi) is 3.27. The van der Waals surface area contributed by atoms with E-state index in [4.69, 9.17) is 5.14 Å². The van der Waals surface area contributed by atoms with Crippen molar-refractivity contribution in [3.63, 3.8) is 0 Å². The van der Waals surface area contributed by atoms with E-state index in [-0.39, 0.29) is 5.91 Å². The minimum absolute atomic E-state index is 0.227. The lowest BCUT2D eigenvalue weighted by atomic mass is 10.00. The Morgan fingerprint density at radius 3 is 2.68 bits per heavy atom. The minimum atomic E-state index is -3.87. The van der Waals surface area contributed by atoms with Gasteiger partial charge >= 0.3 is 0 Å². The third-order valence-electron chi connectivity index (χ3n) is 3.40. The van der Waals surface area contributed by atoms with Gasteiger partial charge in [0.05, 0.1) is 11.3 Å². The van der Waals surface area contributed by atoms with Crippen LogP contribution < -0.4 is 15.2 Å². The normalized spacial score (nSPS) is 16.2. The largest absolute Gasteiger partial charge is 0.361 e. The average molecular weight is 318 g/mol. The summed E-state index contributed by atoms with van der Waals surface area (Å²) in [6.45, 7) is 1.83. The molecule has 1 amide bonds. The molecule has 0 unspecified atom stereocenters. The van der Waals surface area contributed by atoms with E-state index in [9.17, 15) is 13.2 Å². The van der Waals surface area contributed by atoms with Crippen LogP contribution in [-0.2, 0) is 15.0 Å². The molecule has 0 bridgehead atoms. The van der Waals surface area contributed by atoms with Crippen LogP contribution in [0.1, 0.15) is 18.2 Å². The molecule has 1 aliphatic rings. The van der Waals surface area contributed by atoms with Crippen molar-refractivity contribution >= 4 is 38.6 Å². The highest BCUT2D eigenvalue weighted by atomic mass is 32.2. The Morgan fingerprint density at radius 2 is 2.05 bits per heavy atom. The van der Waals surface area contributed by atoms with E-state index in [2.05, 4.69) is 15.0 Å². The molecular formula is C14H14N4O3S. The number of fused-ring (bicyclic) bond motifs is 1. The van der Waals surface area contributed by atoms with Crippen molar-refractivity contribution in [1.29, 1.82) is 0 Å². The van der Waals surface area contributed by atoms with Gasteiger partial charge in [0.25, 0.3) is 16.1 Å². The summed E-state index contributed by atoms with van der Waals surface area (Å²) in [6, 6.07) is 8.46. The van der Waals surface area contributed by atoms with Gasteiger partial charge in [-0.25, -0.2) is 5.14 Å². The Morgan fingerprint density at radius 1 is 1.27 bits per heavy atom. The van der Waals surface area contributed by atoms with Crippen molar-refractivity contribution in [2.45, 2.75) is 6.92 Å². The molecule has 0 fully saturated rings. The third-order valence-corrected chi connectivity index (χ3v) is 3.92. The number of benzene rings is 1. The third kappa shape index (κ3) is 2.61. The SMILES string of the molecule is CC(=C1C(=O)Nc2ccc(NS(N)(=O)=O)cc21)c1ccc[nH]1. The number of H-pyrrole nitrogens is 1. The Labute approximate surface area is 127 Å². The fourth-order valence-corrected chi connectivity index (χ4v) is 2.92. The molecule has 8 heteroatoms. The highest BCUT2D eigenvalue weighted by Gasteiger charge is 2.27. The number of hydrogen-bond donors (Lipinski definition) is 4. The zero-order chi connectivity index (χ0) is 15.9. The molecule has 2 heterocycles. The van der Waals surface area contributed by atoms with Crippen LogP contribution in [0, 0.1) is 0 Å². The van der Waals surface area contributed by atoms with Crippen LogP contribution in [0.15, 0.2) is 36.5 Å². The molecule has 7 nitrogen and oxygen atoms in total. The monoisotopic (exact) mass is 318 g/mol. The molecule has 1 aliphatic heterocycles.